The fourth-order valence-electron chi connectivity index (χ4n) is 6.24. The highest BCUT2D eigenvalue weighted by molar-refractivity contribution is 5.79. The molecule has 0 radical (unpaired) electrons. The number of hydrogen-bond donors (Lipinski definition) is 0. The molecule has 5 rings (SSSR count). The predicted molar refractivity (Wildman–Crippen MR) is 136 cm³/mol. The summed E-state index contributed by atoms with van der Waals surface area (Å²) < 4.78 is 0. The molecule has 1 aliphatic heterocycles. The van der Waals surface area contributed by atoms with Gasteiger partial charge in [-0.15, -0.1) is 12.2 Å². The number of hydrogen-bond acceptors (Lipinski definition) is 3. The molecule has 3 nitrogen and oxygen atoms in total. The lowest BCUT2D eigenvalue weighted by atomic mass is 9.64. The van der Waals surface area contributed by atoms with E-state index in [0.717, 1.165) is 33.6 Å². The van der Waals surface area contributed by atoms with E-state index in [1.54, 1.807) is 0 Å². The monoisotopic (exact) mass is 453 g/mol. The van der Waals surface area contributed by atoms with Gasteiger partial charge in [0, 0.05) is 23.8 Å². The first-order chi connectivity index (χ1) is 16.0. The molecule has 1 fully saturated rings. The van der Waals surface area contributed by atoms with Crippen molar-refractivity contribution >= 4 is 5.69 Å². The van der Waals surface area contributed by atoms with Crippen LogP contribution in [0.3, 0.4) is 0 Å². The van der Waals surface area contributed by atoms with Crippen molar-refractivity contribution in [1.29, 1.82) is 0 Å². The molecule has 0 bridgehead atoms. The van der Waals surface area contributed by atoms with E-state index < -0.39 is 24.0 Å². The molecule has 0 N–H and O–H groups in total. The number of allylic oxidation sites excluding steroid dienone is 1. The first-order valence-corrected chi connectivity index (χ1v) is 12.4. The van der Waals surface area contributed by atoms with E-state index in [4.69, 9.17) is 0 Å². The number of anilines is 1. The van der Waals surface area contributed by atoms with Crippen molar-refractivity contribution in [2.24, 2.45) is 5.92 Å². The van der Waals surface area contributed by atoms with Gasteiger partial charge in [0.1, 0.15) is 0 Å². The van der Waals surface area contributed by atoms with Crippen LogP contribution in [0.4, 0.5) is 5.69 Å². The van der Waals surface area contributed by atoms with Crippen LogP contribution in [-0.4, -0.2) is 19.3 Å². The van der Waals surface area contributed by atoms with Crippen molar-refractivity contribution < 1.29 is 10.2 Å². The quantitative estimate of drug-likeness (QED) is 0.560. The zero-order chi connectivity index (χ0) is 24.5. The van der Waals surface area contributed by atoms with Crippen molar-refractivity contribution in [2.75, 3.05) is 11.9 Å². The first kappa shape index (κ1) is 23.1. The maximum absolute atomic E-state index is 13.6. The van der Waals surface area contributed by atoms with E-state index >= 15 is 0 Å². The fourth-order valence-corrected chi connectivity index (χ4v) is 6.24. The van der Waals surface area contributed by atoms with Crippen molar-refractivity contribution in [3.05, 3.63) is 88.1 Å². The van der Waals surface area contributed by atoms with Crippen molar-refractivity contribution in [3.8, 4) is 11.1 Å². The van der Waals surface area contributed by atoms with Gasteiger partial charge in [-0.3, -0.25) is 0 Å². The maximum atomic E-state index is 13.6. The molecule has 1 aromatic rings. The lowest BCUT2D eigenvalue weighted by Crippen LogP contribution is -2.64. The highest BCUT2D eigenvalue weighted by Crippen LogP contribution is 2.51. The van der Waals surface area contributed by atoms with Gasteiger partial charge in [-0.1, -0.05) is 76.2 Å². The van der Waals surface area contributed by atoms with Gasteiger partial charge in [0.25, 0.3) is 0 Å². The molecule has 3 heteroatoms. The van der Waals surface area contributed by atoms with E-state index in [9.17, 15) is 10.2 Å². The normalized spacial score (nSPS) is 26.9. The maximum Gasteiger partial charge on any atom is 0.0447 e. The lowest BCUT2D eigenvalue weighted by molar-refractivity contribution is -0.542. The summed E-state index contributed by atoms with van der Waals surface area (Å²) in [5.41, 5.74) is 10.0. The zero-order valence-electron chi connectivity index (χ0n) is 21.3. The van der Waals surface area contributed by atoms with Gasteiger partial charge >= 0.3 is 0 Å². The van der Waals surface area contributed by atoms with E-state index in [0.29, 0.717) is 5.92 Å². The summed E-state index contributed by atoms with van der Waals surface area (Å²) in [7, 11) is 2.04. The summed E-state index contributed by atoms with van der Waals surface area (Å²) in [5, 5.41) is 27.2. The zero-order valence-corrected chi connectivity index (χ0v) is 21.3. The Balaban J connectivity index is 1.50. The molecule has 34 heavy (non-hydrogen) atoms. The molecule has 1 heterocycles. The Morgan fingerprint density at radius 3 is 2.26 bits per heavy atom. The average Bonchev–Trinajstić information content (AvgIpc) is 3.10. The lowest BCUT2D eigenvalue weighted by Gasteiger charge is -2.61. The molecule has 0 aromatic heterocycles. The fraction of sp³-hybridized carbons (Fsp3) is 0.419. The predicted octanol–water partition coefficient (Wildman–Crippen LogP) is 5.01. The van der Waals surface area contributed by atoms with Gasteiger partial charge in [0.2, 0.25) is 0 Å². The van der Waals surface area contributed by atoms with Gasteiger partial charge in [0.05, 0.1) is 0 Å². The molecule has 2 unspecified atom stereocenters. The largest absolute Gasteiger partial charge is 0.851 e. The van der Waals surface area contributed by atoms with Crippen LogP contribution >= 0.6 is 0 Å². The number of likely N-dealkylation sites (N-methyl/N-ethyl adjacent to an activating group) is 1. The van der Waals surface area contributed by atoms with Crippen LogP contribution in [0.5, 0.6) is 0 Å². The summed E-state index contributed by atoms with van der Waals surface area (Å²) in [5.74, 6) is -0.591. The Morgan fingerprint density at radius 2 is 1.62 bits per heavy atom. The molecular formula is C31H35NO2-2. The SMILES string of the molecule is Cc1cc(C2C([O-])C(C=C3N(C)c4ccccc4C3(C)C)C2[O-])c2c(C)ccc(C(C)C)cc1-2. The van der Waals surface area contributed by atoms with Gasteiger partial charge in [-0.2, -0.15) is 0 Å². The number of fused-ring (bicyclic) bond motifs is 2. The van der Waals surface area contributed by atoms with Gasteiger partial charge in [0.15, 0.2) is 0 Å². The van der Waals surface area contributed by atoms with E-state index in [1.165, 1.54) is 16.7 Å². The number of aryl methyl sites for hydroxylation is 2. The second-order valence-electron chi connectivity index (χ2n) is 11.2. The van der Waals surface area contributed by atoms with Crippen LogP contribution in [0.25, 0.3) is 11.1 Å². The summed E-state index contributed by atoms with van der Waals surface area (Å²) >= 11 is 0. The third-order valence-electron chi connectivity index (χ3n) is 8.37. The molecule has 178 valence electrons. The minimum atomic E-state index is -0.928. The molecule has 2 atom stereocenters. The second kappa shape index (κ2) is 7.96. The Bertz CT molecular complexity index is 1240. The molecule has 0 saturated heterocycles. The topological polar surface area (TPSA) is 49.4 Å². The van der Waals surface area contributed by atoms with E-state index in [-0.39, 0.29) is 5.41 Å². The van der Waals surface area contributed by atoms with Crippen LogP contribution in [-0.2, 0) is 5.41 Å². The minimum Gasteiger partial charge on any atom is -0.851 e. The van der Waals surface area contributed by atoms with Gasteiger partial charge in [-0.25, -0.2) is 0 Å². The molecule has 4 aliphatic rings. The summed E-state index contributed by atoms with van der Waals surface area (Å²) in [6, 6.07) is 17.0. The molecule has 0 spiro atoms. The molecule has 1 saturated carbocycles. The third-order valence-corrected chi connectivity index (χ3v) is 8.37. The smallest absolute Gasteiger partial charge is 0.0447 e. The van der Waals surface area contributed by atoms with E-state index in [1.807, 2.05) is 19.2 Å². The third kappa shape index (κ3) is 3.25. The molecule has 3 aliphatic carbocycles. The summed E-state index contributed by atoms with van der Waals surface area (Å²) in [4.78, 5) is 2.15. The minimum absolute atomic E-state index is 0.225. The van der Waals surface area contributed by atoms with E-state index in [2.05, 4.69) is 88.9 Å². The van der Waals surface area contributed by atoms with Crippen LogP contribution in [0.15, 0.2) is 60.3 Å². The van der Waals surface area contributed by atoms with Crippen LogP contribution in [0, 0.1) is 19.8 Å². The van der Waals surface area contributed by atoms with Crippen molar-refractivity contribution in [2.45, 2.75) is 71.0 Å². The van der Waals surface area contributed by atoms with Crippen molar-refractivity contribution in [3.63, 3.8) is 0 Å². The standard InChI is InChI=1S/C31H35NO2/c1-17(2)20-13-12-18(3)27-21(15-20)19(4)14-22(27)28-29(33)23(30(28)34)16-26-31(5,6)24-10-8-9-11-25(24)32(26)7/h8-17,23,28-30H,1-7H3/q-2. The average molecular weight is 454 g/mol. The van der Waals surface area contributed by atoms with Crippen molar-refractivity contribution in [1.82, 2.24) is 0 Å². The van der Waals surface area contributed by atoms with Crippen LogP contribution in [0.2, 0.25) is 0 Å². The number of rotatable bonds is 3. The molecular weight excluding hydrogens is 418 g/mol. The number of benzene rings is 1. The second-order valence-corrected chi connectivity index (χ2v) is 11.2. The summed E-state index contributed by atoms with van der Waals surface area (Å²) in [6.07, 6.45) is 0.137. The Labute approximate surface area is 204 Å². The van der Waals surface area contributed by atoms with Crippen LogP contribution in [0.1, 0.15) is 67.3 Å². The first-order valence-electron chi connectivity index (χ1n) is 12.4. The number of nitrogens with zero attached hydrogens (tertiary/aromatic N) is 1. The molecule has 0 amide bonds. The summed E-state index contributed by atoms with van der Waals surface area (Å²) in [6.45, 7) is 12.9. The number of para-hydroxylation sites is 1. The van der Waals surface area contributed by atoms with Gasteiger partial charge < -0.3 is 15.1 Å². The van der Waals surface area contributed by atoms with Crippen LogP contribution < -0.4 is 15.1 Å². The Morgan fingerprint density at radius 1 is 0.941 bits per heavy atom. The Hall–Kier alpha value is -2.62. The Kier molecular flexibility index (Phi) is 5.42. The van der Waals surface area contributed by atoms with Gasteiger partial charge in [-0.05, 0) is 76.6 Å². The highest BCUT2D eigenvalue weighted by atomic mass is 16.3. The molecule has 1 aromatic carbocycles. The highest BCUT2D eigenvalue weighted by Gasteiger charge is 2.43.